The summed E-state index contributed by atoms with van der Waals surface area (Å²) in [4.78, 5) is 4.33. The molecule has 1 aromatic heterocycles. The Morgan fingerprint density at radius 1 is 1.16 bits per heavy atom. The highest BCUT2D eigenvalue weighted by atomic mass is 32.2. The number of aromatic nitrogens is 2. The quantitative estimate of drug-likeness (QED) is 0.845. The monoisotopic (exact) mass is 276 g/mol. The van der Waals surface area contributed by atoms with Gasteiger partial charge in [0.25, 0.3) is 10.0 Å². The number of fused-ring (bicyclic) bond motifs is 1. The van der Waals surface area contributed by atoms with Gasteiger partial charge in [0.05, 0.1) is 10.6 Å². The van der Waals surface area contributed by atoms with Crippen LogP contribution in [0.5, 0.6) is 0 Å². The van der Waals surface area contributed by atoms with Crippen molar-refractivity contribution >= 4 is 10.0 Å². The van der Waals surface area contributed by atoms with E-state index in [1.165, 1.54) is 34.0 Å². The molecule has 1 aliphatic rings. The Labute approximate surface area is 113 Å². The molecule has 0 bridgehead atoms. The number of hydrogen-bond acceptors (Lipinski definition) is 3. The molecule has 1 heterocycles. The molecular weight excluding hydrogens is 260 g/mol. The number of aryl methyl sites for hydroxylation is 3. The number of rotatable bonds is 2. The third-order valence-electron chi connectivity index (χ3n) is 3.58. The maximum atomic E-state index is 12.5. The summed E-state index contributed by atoms with van der Waals surface area (Å²) in [6, 6.07) is 5.47. The van der Waals surface area contributed by atoms with Crippen LogP contribution in [0.4, 0.5) is 0 Å². The SMILES string of the molecule is Cc1cn(S(=O)(=O)c2ccc3c(c2)CCCC3)cn1. The Morgan fingerprint density at radius 3 is 2.58 bits per heavy atom. The fraction of sp³-hybridized carbons (Fsp3) is 0.357. The molecule has 3 rings (SSSR count). The molecule has 2 aromatic rings. The molecule has 0 fully saturated rings. The summed E-state index contributed by atoms with van der Waals surface area (Å²) in [5, 5.41) is 0. The minimum absolute atomic E-state index is 0.352. The number of hydrogen-bond donors (Lipinski definition) is 0. The fourth-order valence-corrected chi connectivity index (χ4v) is 3.76. The molecule has 0 unspecified atom stereocenters. The molecular formula is C14H16N2O2S. The van der Waals surface area contributed by atoms with E-state index >= 15 is 0 Å². The first-order valence-corrected chi connectivity index (χ1v) is 7.89. The Bertz CT molecular complexity index is 717. The van der Waals surface area contributed by atoms with Crippen molar-refractivity contribution in [2.75, 3.05) is 0 Å². The molecule has 0 N–H and O–H groups in total. The van der Waals surface area contributed by atoms with Crippen molar-refractivity contribution in [1.82, 2.24) is 8.96 Å². The van der Waals surface area contributed by atoms with E-state index in [1.54, 1.807) is 13.0 Å². The first kappa shape index (κ1) is 12.4. The van der Waals surface area contributed by atoms with Crippen molar-refractivity contribution in [3.8, 4) is 0 Å². The van der Waals surface area contributed by atoms with Crippen molar-refractivity contribution in [3.05, 3.63) is 47.5 Å². The first-order valence-electron chi connectivity index (χ1n) is 6.45. The number of nitrogens with zero attached hydrogens (tertiary/aromatic N) is 2. The molecule has 1 aromatic carbocycles. The Morgan fingerprint density at radius 2 is 1.89 bits per heavy atom. The van der Waals surface area contributed by atoms with Crippen LogP contribution in [-0.4, -0.2) is 17.4 Å². The second-order valence-electron chi connectivity index (χ2n) is 4.99. The van der Waals surface area contributed by atoms with Gasteiger partial charge in [0.15, 0.2) is 0 Å². The van der Waals surface area contributed by atoms with Crippen LogP contribution in [0.2, 0.25) is 0 Å². The Balaban J connectivity index is 2.06. The van der Waals surface area contributed by atoms with Gasteiger partial charge in [-0.25, -0.2) is 17.4 Å². The zero-order chi connectivity index (χ0) is 13.5. The molecule has 0 saturated heterocycles. The van der Waals surface area contributed by atoms with E-state index in [9.17, 15) is 8.42 Å². The number of imidazole rings is 1. The van der Waals surface area contributed by atoms with Crippen LogP contribution >= 0.6 is 0 Å². The van der Waals surface area contributed by atoms with Gasteiger partial charge in [-0.2, -0.15) is 0 Å². The van der Waals surface area contributed by atoms with E-state index in [0.29, 0.717) is 10.6 Å². The summed E-state index contributed by atoms with van der Waals surface area (Å²) in [6.45, 7) is 1.78. The molecule has 19 heavy (non-hydrogen) atoms. The van der Waals surface area contributed by atoms with Crippen LogP contribution in [0.3, 0.4) is 0 Å². The molecule has 0 spiro atoms. The zero-order valence-electron chi connectivity index (χ0n) is 10.8. The minimum Gasteiger partial charge on any atom is -0.241 e. The molecule has 0 aliphatic heterocycles. The van der Waals surface area contributed by atoms with E-state index in [1.807, 2.05) is 12.1 Å². The van der Waals surface area contributed by atoms with Crippen LogP contribution in [0.15, 0.2) is 35.6 Å². The summed E-state index contributed by atoms with van der Waals surface area (Å²) in [6.07, 6.45) is 7.25. The van der Waals surface area contributed by atoms with Gasteiger partial charge in [0.1, 0.15) is 6.33 Å². The summed E-state index contributed by atoms with van der Waals surface area (Å²) < 4.78 is 26.1. The standard InChI is InChI=1S/C14H16N2O2S/c1-11-9-16(10-15-11)19(17,18)14-7-6-12-4-2-3-5-13(12)8-14/h6-10H,2-5H2,1H3. The van der Waals surface area contributed by atoms with Crippen molar-refractivity contribution in [1.29, 1.82) is 0 Å². The highest BCUT2D eigenvalue weighted by molar-refractivity contribution is 7.90. The average Bonchev–Trinajstić information content (AvgIpc) is 2.85. The molecule has 0 atom stereocenters. The second kappa shape index (κ2) is 4.49. The van der Waals surface area contributed by atoms with Crippen molar-refractivity contribution in [3.63, 3.8) is 0 Å². The van der Waals surface area contributed by atoms with Crippen LogP contribution in [0, 0.1) is 6.92 Å². The van der Waals surface area contributed by atoms with E-state index in [4.69, 9.17) is 0 Å². The second-order valence-corrected chi connectivity index (χ2v) is 6.83. The highest BCUT2D eigenvalue weighted by Gasteiger charge is 2.19. The summed E-state index contributed by atoms with van der Waals surface area (Å²) in [5.74, 6) is 0. The minimum atomic E-state index is -3.50. The predicted octanol–water partition coefficient (Wildman–Crippen LogP) is 2.31. The molecule has 5 heteroatoms. The lowest BCUT2D eigenvalue weighted by atomic mass is 9.92. The normalized spacial score (nSPS) is 15.2. The summed E-state index contributed by atoms with van der Waals surface area (Å²) in [5.41, 5.74) is 3.15. The Kier molecular flexibility index (Phi) is 2.93. The third-order valence-corrected chi connectivity index (χ3v) is 5.19. The largest absolute Gasteiger partial charge is 0.268 e. The molecule has 4 nitrogen and oxygen atoms in total. The van der Waals surface area contributed by atoms with E-state index in [-0.39, 0.29) is 0 Å². The van der Waals surface area contributed by atoms with Crippen LogP contribution in [0.25, 0.3) is 0 Å². The van der Waals surface area contributed by atoms with Crippen LogP contribution < -0.4 is 0 Å². The fourth-order valence-electron chi connectivity index (χ4n) is 2.52. The van der Waals surface area contributed by atoms with E-state index in [2.05, 4.69) is 4.98 Å². The Hall–Kier alpha value is -1.62. The van der Waals surface area contributed by atoms with E-state index < -0.39 is 10.0 Å². The van der Waals surface area contributed by atoms with Gasteiger partial charge < -0.3 is 0 Å². The maximum absolute atomic E-state index is 12.5. The molecule has 0 amide bonds. The van der Waals surface area contributed by atoms with Gasteiger partial charge >= 0.3 is 0 Å². The lowest BCUT2D eigenvalue weighted by Crippen LogP contribution is -2.12. The van der Waals surface area contributed by atoms with Crippen LogP contribution in [0.1, 0.15) is 29.7 Å². The zero-order valence-corrected chi connectivity index (χ0v) is 11.7. The van der Waals surface area contributed by atoms with Crippen LogP contribution in [-0.2, 0) is 22.9 Å². The molecule has 0 saturated carbocycles. The number of benzene rings is 1. The van der Waals surface area contributed by atoms with Gasteiger partial charge in [0.2, 0.25) is 0 Å². The van der Waals surface area contributed by atoms with E-state index in [0.717, 1.165) is 19.3 Å². The molecule has 0 radical (unpaired) electrons. The average molecular weight is 276 g/mol. The van der Waals surface area contributed by atoms with Gasteiger partial charge in [-0.15, -0.1) is 0 Å². The van der Waals surface area contributed by atoms with Crippen molar-refractivity contribution in [2.45, 2.75) is 37.5 Å². The summed E-state index contributed by atoms with van der Waals surface area (Å²) in [7, 11) is -3.50. The summed E-state index contributed by atoms with van der Waals surface area (Å²) >= 11 is 0. The molecule has 100 valence electrons. The topological polar surface area (TPSA) is 52.0 Å². The maximum Gasteiger partial charge on any atom is 0.268 e. The predicted molar refractivity (Wildman–Crippen MR) is 72.6 cm³/mol. The lowest BCUT2D eigenvalue weighted by molar-refractivity contribution is 0.586. The first-order chi connectivity index (χ1) is 9.07. The van der Waals surface area contributed by atoms with Crippen molar-refractivity contribution in [2.24, 2.45) is 0 Å². The van der Waals surface area contributed by atoms with Gasteiger partial charge in [0, 0.05) is 6.20 Å². The third kappa shape index (κ3) is 2.18. The smallest absolute Gasteiger partial charge is 0.241 e. The molecule has 1 aliphatic carbocycles. The highest BCUT2D eigenvalue weighted by Crippen LogP contribution is 2.25. The van der Waals surface area contributed by atoms with Crippen molar-refractivity contribution < 1.29 is 8.42 Å². The van der Waals surface area contributed by atoms with Gasteiger partial charge in [-0.3, -0.25) is 0 Å². The van der Waals surface area contributed by atoms with Gasteiger partial charge in [-0.1, -0.05) is 6.07 Å². The lowest BCUT2D eigenvalue weighted by Gasteiger charge is -2.16. The van der Waals surface area contributed by atoms with Gasteiger partial charge in [-0.05, 0) is 55.9 Å².